The van der Waals surface area contributed by atoms with Gasteiger partial charge in [0.25, 0.3) is 0 Å². The standard InChI is InChI=1S/C15H24N4O3S/c1-10-16-7-12(23-10)8-17-13(20)18-11-5-6-19(9-11)14(21)22-15(2,3)4/h7,11H,5-6,8-9H2,1-4H3,(H2,17,18,20)/t11-/m0/s1. The molecule has 0 aromatic carbocycles. The van der Waals surface area contributed by atoms with Crippen molar-refractivity contribution in [3.05, 3.63) is 16.1 Å². The first-order valence-electron chi connectivity index (χ1n) is 7.66. The first-order chi connectivity index (χ1) is 10.7. The molecule has 1 aliphatic heterocycles. The minimum absolute atomic E-state index is 0.0503. The highest BCUT2D eigenvalue weighted by atomic mass is 32.1. The molecule has 1 aliphatic rings. The van der Waals surface area contributed by atoms with Gasteiger partial charge in [-0.25, -0.2) is 14.6 Å². The second kappa shape index (κ2) is 7.16. The van der Waals surface area contributed by atoms with Crippen molar-refractivity contribution in [3.8, 4) is 0 Å². The molecule has 0 bridgehead atoms. The van der Waals surface area contributed by atoms with Gasteiger partial charge >= 0.3 is 12.1 Å². The summed E-state index contributed by atoms with van der Waals surface area (Å²) in [6.45, 7) is 8.97. The molecule has 7 nitrogen and oxygen atoms in total. The van der Waals surface area contributed by atoms with E-state index in [4.69, 9.17) is 4.74 Å². The van der Waals surface area contributed by atoms with Gasteiger partial charge in [-0.05, 0) is 34.1 Å². The molecule has 2 heterocycles. The summed E-state index contributed by atoms with van der Waals surface area (Å²) in [5.41, 5.74) is -0.507. The number of hydrogen-bond donors (Lipinski definition) is 2. The van der Waals surface area contributed by atoms with Crippen LogP contribution in [0.4, 0.5) is 9.59 Å². The predicted molar refractivity (Wildman–Crippen MR) is 88.4 cm³/mol. The Balaban J connectivity index is 1.72. The van der Waals surface area contributed by atoms with Crippen molar-refractivity contribution < 1.29 is 14.3 Å². The van der Waals surface area contributed by atoms with Crippen molar-refractivity contribution in [2.75, 3.05) is 13.1 Å². The van der Waals surface area contributed by atoms with Gasteiger partial charge in [-0.3, -0.25) is 0 Å². The lowest BCUT2D eigenvalue weighted by molar-refractivity contribution is 0.0291. The smallest absolute Gasteiger partial charge is 0.410 e. The van der Waals surface area contributed by atoms with E-state index in [1.807, 2.05) is 27.7 Å². The molecule has 0 unspecified atom stereocenters. The topological polar surface area (TPSA) is 83.6 Å². The molecule has 1 saturated heterocycles. The van der Waals surface area contributed by atoms with Crippen molar-refractivity contribution in [1.29, 1.82) is 0 Å². The number of aromatic nitrogens is 1. The third-order valence-electron chi connectivity index (χ3n) is 3.27. The lowest BCUT2D eigenvalue weighted by Gasteiger charge is -2.24. The van der Waals surface area contributed by atoms with Crippen molar-refractivity contribution in [2.24, 2.45) is 0 Å². The first-order valence-corrected chi connectivity index (χ1v) is 8.48. The second-order valence-corrected chi connectivity index (χ2v) is 7.90. The lowest BCUT2D eigenvalue weighted by atomic mass is 10.2. The average Bonchev–Trinajstić information content (AvgIpc) is 3.04. The maximum Gasteiger partial charge on any atom is 0.410 e. The summed E-state index contributed by atoms with van der Waals surface area (Å²) in [4.78, 5) is 30.7. The third kappa shape index (κ3) is 5.70. The summed E-state index contributed by atoms with van der Waals surface area (Å²) >= 11 is 1.56. The molecule has 3 amide bonds. The summed E-state index contributed by atoms with van der Waals surface area (Å²) < 4.78 is 5.34. The maximum atomic E-state index is 12.0. The summed E-state index contributed by atoms with van der Waals surface area (Å²) in [6.07, 6.45) is 2.16. The van der Waals surface area contributed by atoms with Gasteiger partial charge in [0.15, 0.2) is 0 Å². The number of likely N-dealkylation sites (tertiary alicyclic amines) is 1. The summed E-state index contributed by atoms with van der Waals surface area (Å²) in [6, 6.07) is -0.280. The number of aryl methyl sites for hydroxylation is 1. The van der Waals surface area contributed by atoms with Gasteiger partial charge in [-0.15, -0.1) is 11.3 Å². The number of carbonyl (C=O) groups excluding carboxylic acids is 2. The van der Waals surface area contributed by atoms with Crippen molar-refractivity contribution in [1.82, 2.24) is 20.5 Å². The molecular formula is C15H24N4O3S. The SMILES string of the molecule is Cc1ncc(CNC(=O)N[C@H]2CCN(C(=O)OC(C)(C)C)C2)s1. The highest BCUT2D eigenvalue weighted by Crippen LogP contribution is 2.15. The molecule has 2 N–H and O–H groups in total. The molecule has 0 saturated carbocycles. The van der Waals surface area contributed by atoms with Gasteiger partial charge in [0.1, 0.15) is 5.60 Å². The molecule has 1 aromatic rings. The van der Waals surface area contributed by atoms with Gasteiger partial charge in [0.05, 0.1) is 11.6 Å². The molecule has 0 radical (unpaired) electrons. The zero-order valence-electron chi connectivity index (χ0n) is 14.0. The van der Waals surface area contributed by atoms with Crippen LogP contribution in [0.25, 0.3) is 0 Å². The van der Waals surface area contributed by atoms with Crippen LogP contribution in [0.2, 0.25) is 0 Å². The van der Waals surface area contributed by atoms with Gasteiger partial charge in [0.2, 0.25) is 0 Å². The predicted octanol–water partition coefficient (Wildman–Crippen LogP) is 2.26. The Hall–Kier alpha value is -1.83. The number of urea groups is 1. The maximum absolute atomic E-state index is 12.0. The van der Waals surface area contributed by atoms with Gasteiger partial charge in [0, 0.05) is 30.2 Å². The number of ether oxygens (including phenoxy) is 1. The Kier molecular flexibility index (Phi) is 5.46. The van der Waals surface area contributed by atoms with Gasteiger partial charge in [-0.2, -0.15) is 0 Å². The van der Waals surface area contributed by atoms with Crippen molar-refractivity contribution in [3.63, 3.8) is 0 Å². The Morgan fingerprint density at radius 1 is 1.48 bits per heavy atom. The Labute approximate surface area is 140 Å². The number of nitrogens with one attached hydrogen (secondary N) is 2. The van der Waals surface area contributed by atoms with Crippen LogP contribution >= 0.6 is 11.3 Å². The van der Waals surface area contributed by atoms with Crippen LogP contribution < -0.4 is 10.6 Å². The van der Waals surface area contributed by atoms with E-state index in [9.17, 15) is 9.59 Å². The third-order valence-corrected chi connectivity index (χ3v) is 4.18. The normalized spacial score (nSPS) is 17.9. The highest BCUT2D eigenvalue weighted by molar-refractivity contribution is 7.11. The molecule has 128 valence electrons. The summed E-state index contributed by atoms with van der Waals surface area (Å²) in [7, 11) is 0. The highest BCUT2D eigenvalue weighted by Gasteiger charge is 2.30. The zero-order chi connectivity index (χ0) is 17.0. The number of hydrogen-bond acceptors (Lipinski definition) is 5. The molecule has 2 rings (SSSR count). The minimum atomic E-state index is -0.507. The molecule has 1 aromatic heterocycles. The zero-order valence-corrected chi connectivity index (χ0v) is 14.8. The molecule has 1 fully saturated rings. The quantitative estimate of drug-likeness (QED) is 0.884. The number of thiazole rings is 1. The molecular weight excluding hydrogens is 316 g/mol. The van der Waals surface area contributed by atoms with E-state index in [1.165, 1.54) is 0 Å². The molecule has 0 spiro atoms. The summed E-state index contributed by atoms with van der Waals surface area (Å²) in [5, 5.41) is 6.67. The Morgan fingerprint density at radius 3 is 2.83 bits per heavy atom. The van der Waals surface area contributed by atoms with E-state index in [0.717, 1.165) is 16.3 Å². The van der Waals surface area contributed by atoms with E-state index in [2.05, 4.69) is 15.6 Å². The van der Waals surface area contributed by atoms with E-state index >= 15 is 0 Å². The van der Waals surface area contributed by atoms with Crippen LogP contribution in [-0.2, 0) is 11.3 Å². The van der Waals surface area contributed by atoms with E-state index in [-0.39, 0.29) is 18.2 Å². The average molecular weight is 340 g/mol. The largest absolute Gasteiger partial charge is 0.444 e. The Morgan fingerprint density at radius 2 is 2.22 bits per heavy atom. The fraction of sp³-hybridized carbons (Fsp3) is 0.667. The number of amides is 3. The minimum Gasteiger partial charge on any atom is -0.444 e. The van der Waals surface area contributed by atoms with Crippen LogP contribution in [-0.4, -0.2) is 46.7 Å². The lowest BCUT2D eigenvalue weighted by Crippen LogP contribution is -2.44. The fourth-order valence-electron chi connectivity index (χ4n) is 2.26. The molecule has 8 heteroatoms. The van der Waals surface area contributed by atoms with E-state index in [1.54, 1.807) is 22.4 Å². The number of carbonyl (C=O) groups is 2. The molecule has 1 atom stereocenters. The monoisotopic (exact) mass is 340 g/mol. The molecule has 0 aliphatic carbocycles. The van der Waals surface area contributed by atoms with Crippen molar-refractivity contribution in [2.45, 2.75) is 52.3 Å². The summed E-state index contributed by atoms with van der Waals surface area (Å²) in [5.74, 6) is 0. The molecule has 23 heavy (non-hydrogen) atoms. The van der Waals surface area contributed by atoms with Crippen LogP contribution in [0.15, 0.2) is 6.20 Å². The fourth-order valence-corrected chi connectivity index (χ4v) is 3.00. The van der Waals surface area contributed by atoms with Gasteiger partial charge in [-0.1, -0.05) is 0 Å². The van der Waals surface area contributed by atoms with Crippen LogP contribution in [0.3, 0.4) is 0 Å². The number of rotatable bonds is 3. The number of nitrogens with zero attached hydrogens (tertiary/aromatic N) is 2. The first kappa shape index (κ1) is 17.5. The van der Waals surface area contributed by atoms with E-state index in [0.29, 0.717) is 19.6 Å². The second-order valence-electron chi connectivity index (χ2n) is 6.58. The Bertz CT molecular complexity index is 567. The van der Waals surface area contributed by atoms with Gasteiger partial charge < -0.3 is 20.3 Å². The van der Waals surface area contributed by atoms with Crippen LogP contribution in [0.5, 0.6) is 0 Å². The van der Waals surface area contributed by atoms with Crippen molar-refractivity contribution >= 4 is 23.5 Å². The van der Waals surface area contributed by atoms with Crippen LogP contribution in [0, 0.1) is 6.92 Å². The van der Waals surface area contributed by atoms with E-state index < -0.39 is 5.60 Å². The van der Waals surface area contributed by atoms with Crippen LogP contribution in [0.1, 0.15) is 37.1 Å².